The molecular formula is C21H34O4S2. The van der Waals surface area contributed by atoms with Crippen LogP contribution in [-0.4, -0.2) is 32.6 Å². The summed E-state index contributed by atoms with van der Waals surface area (Å²) in [5.41, 5.74) is 1.43. The number of aliphatic hydroxyl groups is 2. The number of ether oxygens (including phenoxy) is 1. The molecule has 3 rings (SSSR count). The van der Waals surface area contributed by atoms with Gasteiger partial charge in [0.05, 0.1) is 11.2 Å². The number of unbranched alkanes of at least 4 members (excludes halogenated alkanes) is 2. The van der Waals surface area contributed by atoms with E-state index < -0.39 is 17.3 Å². The van der Waals surface area contributed by atoms with Crippen molar-refractivity contribution in [3.8, 4) is 11.5 Å². The van der Waals surface area contributed by atoms with Crippen molar-refractivity contribution in [2.45, 2.75) is 83.5 Å². The normalized spacial score (nSPS) is 25.5. The van der Waals surface area contributed by atoms with Crippen LogP contribution in [0.4, 0.5) is 0 Å². The second-order valence-corrected chi connectivity index (χ2v) is 8.21. The van der Waals surface area contributed by atoms with E-state index in [-0.39, 0.29) is 32.7 Å². The fourth-order valence-corrected chi connectivity index (χ4v) is 4.11. The Morgan fingerprint density at radius 1 is 1.15 bits per heavy atom. The first-order chi connectivity index (χ1) is 11.7. The van der Waals surface area contributed by atoms with Gasteiger partial charge < -0.3 is 20.1 Å². The standard InChI is InChI=1S/C21H30O4.2H2S/c1-5-6-7-8-13-11-15(22)18-16(12-13)25-20(2,3)14-9-10-21(4,24)19(23)17(14)18;;/h11-12,19,22-24H,5-10H2,1-4H3;2*1H2/t19-,21-;;/m0../s1. The summed E-state index contributed by atoms with van der Waals surface area (Å²) in [6.07, 6.45) is 4.36. The van der Waals surface area contributed by atoms with Gasteiger partial charge >= 0.3 is 0 Å². The third-order valence-electron chi connectivity index (χ3n) is 5.64. The number of hydrogen-bond acceptors (Lipinski definition) is 4. The Balaban J connectivity index is 0.00000182. The van der Waals surface area contributed by atoms with E-state index in [1.54, 1.807) is 13.0 Å². The van der Waals surface area contributed by atoms with Crippen molar-refractivity contribution >= 4 is 32.6 Å². The topological polar surface area (TPSA) is 69.9 Å². The Bertz CT molecular complexity index is 710. The maximum atomic E-state index is 10.8. The van der Waals surface area contributed by atoms with E-state index in [4.69, 9.17) is 4.74 Å². The number of phenols is 1. The number of aliphatic hydroxyl groups excluding tert-OH is 1. The second kappa shape index (κ2) is 8.68. The zero-order chi connectivity index (χ0) is 18.4. The lowest BCUT2D eigenvalue weighted by Crippen LogP contribution is -2.48. The number of hydrogen-bond donors (Lipinski definition) is 3. The summed E-state index contributed by atoms with van der Waals surface area (Å²) in [4.78, 5) is 0. The number of benzene rings is 1. The molecule has 0 unspecified atom stereocenters. The van der Waals surface area contributed by atoms with Crippen LogP contribution >= 0.6 is 27.0 Å². The highest BCUT2D eigenvalue weighted by molar-refractivity contribution is 7.59. The molecule has 27 heavy (non-hydrogen) atoms. The smallest absolute Gasteiger partial charge is 0.132 e. The Morgan fingerprint density at radius 2 is 1.81 bits per heavy atom. The van der Waals surface area contributed by atoms with Crippen LogP contribution in [0.15, 0.2) is 17.7 Å². The van der Waals surface area contributed by atoms with Gasteiger partial charge in [-0.1, -0.05) is 19.8 Å². The highest BCUT2D eigenvalue weighted by Crippen LogP contribution is 2.52. The van der Waals surface area contributed by atoms with E-state index >= 15 is 0 Å². The van der Waals surface area contributed by atoms with E-state index in [1.807, 2.05) is 19.9 Å². The molecule has 1 aliphatic carbocycles. The Kier molecular flexibility index (Phi) is 7.79. The second-order valence-electron chi connectivity index (χ2n) is 8.21. The quantitative estimate of drug-likeness (QED) is 0.647. The minimum absolute atomic E-state index is 0. The molecule has 1 aliphatic heterocycles. The molecule has 1 heterocycles. The molecule has 0 amide bonds. The first-order valence-corrected chi connectivity index (χ1v) is 9.36. The van der Waals surface area contributed by atoms with Gasteiger partial charge in [0.15, 0.2) is 0 Å². The fourth-order valence-electron chi connectivity index (χ4n) is 4.11. The summed E-state index contributed by atoms with van der Waals surface area (Å²) in [5, 5.41) is 32.0. The summed E-state index contributed by atoms with van der Waals surface area (Å²) in [5.74, 6) is 0.732. The molecule has 0 fully saturated rings. The number of aryl methyl sites for hydroxylation is 1. The molecule has 0 bridgehead atoms. The Hall–Kier alpha value is -0.820. The summed E-state index contributed by atoms with van der Waals surface area (Å²) < 4.78 is 6.22. The van der Waals surface area contributed by atoms with Crippen molar-refractivity contribution in [3.05, 3.63) is 28.8 Å². The van der Waals surface area contributed by atoms with Gasteiger partial charge in [-0.05, 0) is 69.7 Å². The molecule has 0 saturated heterocycles. The summed E-state index contributed by atoms with van der Waals surface area (Å²) in [7, 11) is 0. The van der Waals surface area contributed by atoms with E-state index in [2.05, 4.69) is 6.92 Å². The van der Waals surface area contributed by atoms with Gasteiger partial charge in [0, 0.05) is 5.57 Å². The molecule has 1 aromatic carbocycles. The van der Waals surface area contributed by atoms with Crippen LogP contribution in [-0.2, 0) is 6.42 Å². The van der Waals surface area contributed by atoms with Crippen molar-refractivity contribution in [1.82, 2.24) is 0 Å². The average molecular weight is 415 g/mol. The lowest BCUT2D eigenvalue weighted by Gasteiger charge is -2.45. The van der Waals surface area contributed by atoms with Crippen LogP contribution in [0, 0.1) is 0 Å². The van der Waals surface area contributed by atoms with E-state index in [1.165, 1.54) is 0 Å². The number of rotatable bonds is 4. The zero-order valence-electron chi connectivity index (χ0n) is 16.7. The van der Waals surface area contributed by atoms with Gasteiger partial charge in [0.1, 0.15) is 23.2 Å². The van der Waals surface area contributed by atoms with Crippen LogP contribution in [0.2, 0.25) is 0 Å². The van der Waals surface area contributed by atoms with Crippen LogP contribution in [0.3, 0.4) is 0 Å². The van der Waals surface area contributed by atoms with Crippen LogP contribution in [0.1, 0.15) is 70.9 Å². The fraction of sp³-hybridized carbons (Fsp3) is 0.619. The maximum absolute atomic E-state index is 10.8. The molecule has 0 radical (unpaired) electrons. The number of fused-ring (bicyclic) bond motifs is 2. The molecule has 1 aromatic rings. The molecule has 2 atom stereocenters. The van der Waals surface area contributed by atoms with E-state index in [0.717, 1.165) is 36.8 Å². The lowest BCUT2D eigenvalue weighted by atomic mass is 9.70. The van der Waals surface area contributed by atoms with E-state index in [0.29, 0.717) is 29.7 Å². The molecular weight excluding hydrogens is 380 g/mol. The van der Waals surface area contributed by atoms with Crippen LogP contribution < -0.4 is 4.74 Å². The van der Waals surface area contributed by atoms with Gasteiger partial charge in [-0.2, -0.15) is 27.0 Å². The number of phenolic OH excluding ortho intramolecular Hbond substituents is 1. The monoisotopic (exact) mass is 414 g/mol. The van der Waals surface area contributed by atoms with Gasteiger partial charge in [-0.3, -0.25) is 0 Å². The molecule has 4 nitrogen and oxygen atoms in total. The Labute approximate surface area is 176 Å². The third-order valence-corrected chi connectivity index (χ3v) is 5.64. The van der Waals surface area contributed by atoms with E-state index in [9.17, 15) is 15.3 Å². The predicted octanol–water partition coefficient (Wildman–Crippen LogP) is 4.18. The van der Waals surface area contributed by atoms with Gasteiger partial charge in [0.2, 0.25) is 0 Å². The first kappa shape index (κ1) is 24.2. The molecule has 154 valence electrons. The number of aromatic hydroxyl groups is 1. The highest BCUT2D eigenvalue weighted by atomic mass is 32.1. The minimum atomic E-state index is -1.20. The Morgan fingerprint density at radius 3 is 2.44 bits per heavy atom. The largest absolute Gasteiger partial charge is 0.507 e. The first-order valence-electron chi connectivity index (χ1n) is 9.36. The average Bonchev–Trinajstić information content (AvgIpc) is 2.50. The van der Waals surface area contributed by atoms with Crippen molar-refractivity contribution in [2.75, 3.05) is 0 Å². The molecule has 0 aromatic heterocycles. The van der Waals surface area contributed by atoms with Crippen LogP contribution in [0.5, 0.6) is 11.5 Å². The van der Waals surface area contributed by atoms with Crippen molar-refractivity contribution in [2.24, 2.45) is 0 Å². The summed E-state index contributed by atoms with van der Waals surface area (Å²) >= 11 is 0. The predicted molar refractivity (Wildman–Crippen MR) is 120 cm³/mol. The maximum Gasteiger partial charge on any atom is 0.132 e. The molecule has 6 heteroatoms. The van der Waals surface area contributed by atoms with Crippen molar-refractivity contribution in [3.63, 3.8) is 0 Å². The van der Waals surface area contributed by atoms with Crippen molar-refractivity contribution < 1.29 is 20.1 Å². The zero-order valence-corrected chi connectivity index (χ0v) is 18.7. The third kappa shape index (κ3) is 4.44. The van der Waals surface area contributed by atoms with Crippen molar-refractivity contribution in [1.29, 1.82) is 0 Å². The minimum Gasteiger partial charge on any atom is -0.507 e. The summed E-state index contributed by atoms with van der Waals surface area (Å²) in [6.45, 7) is 7.79. The molecule has 0 spiro atoms. The lowest BCUT2D eigenvalue weighted by molar-refractivity contribution is -0.0476. The van der Waals surface area contributed by atoms with Gasteiger partial charge in [0.25, 0.3) is 0 Å². The summed E-state index contributed by atoms with van der Waals surface area (Å²) in [6, 6.07) is 3.75. The molecule has 3 N–H and O–H groups in total. The van der Waals surface area contributed by atoms with Crippen LogP contribution in [0.25, 0.3) is 5.57 Å². The molecule has 2 aliphatic rings. The van der Waals surface area contributed by atoms with Gasteiger partial charge in [-0.15, -0.1) is 0 Å². The van der Waals surface area contributed by atoms with Gasteiger partial charge in [-0.25, -0.2) is 0 Å². The molecule has 0 saturated carbocycles. The SMILES string of the molecule is CCCCCc1cc(O)c2c(c1)OC(C)(C)C1=C2[C@H](O)[C@@](C)(O)CC1.S.S. The highest BCUT2D eigenvalue weighted by Gasteiger charge is 2.47.